The van der Waals surface area contributed by atoms with E-state index in [0.717, 1.165) is 32.1 Å². The van der Waals surface area contributed by atoms with Gasteiger partial charge in [-0.05, 0) is 18.6 Å². The Balaban J connectivity index is 2.52. The molecule has 0 saturated heterocycles. The van der Waals surface area contributed by atoms with Crippen LogP contribution < -0.4 is 10.8 Å². The molecule has 0 saturated carbocycles. The van der Waals surface area contributed by atoms with Crippen LogP contribution in [0.15, 0.2) is 30.3 Å². The fourth-order valence-electron chi connectivity index (χ4n) is 2.16. The Labute approximate surface area is 125 Å². The van der Waals surface area contributed by atoms with E-state index in [0.29, 0.717) is 12.1 Å². The molecule has 0 aliphatic rings. The van der Waals surface area contributed by atoms with Crippen LogP contribution in [0, 0.1) is 5.92 Å². The van der Waals surface area contributed by atoms with Crippen LogP contribution in [0.1, 0.15) is 45.4 Å². The van der Waals surface area contributed by atoms with Crippen LogP contribution in [-0.2, 0) is 9.59 Å². The van der Waals surface area contributed by atoms with Gasteiger partial charge in [0.1, 0.15) is 5.92 Å². The lowest BCUT2D eigenvalue weighted by Crippen LogP contribution is -2.36. The van der Waals surface area contributed by atoms with Crippen LogP contribution in [0.5, 0.6) is 0 Å². The van der Waals surface area contributed by atoms with Crippen LogP contribution in [-0.4, -0.2) is 17.0 Å². The molecule has 0 aliphatic heterocycles. The molecule has 5 nitrogen and oxygen atoms in total. The van der Waals surface area contributed by atoms with Crippen LogP contribution in [0.2, 0.25) is 0 Å². The predicted molar refractivity (Wildman–Crippen MR) is 81.9 cm³/mol. The summed E-state index contributed by atoms with van der Waals surface area (Å²) in [6.07, 6.45) is 5.63. The molecule has 0 radical (unpaired) electrons. The lowest BCUT2D eigenvalue weighted by molar-refractivity contribution is -0.139. The number of anilines is 1. The first-order chi connectivity index (χ1) is 10.2. The molecule has 0 aliphatic carbocycles. The minimum absolute atomic E-state index is 0.386. The molecular formula is C16H24N2O3. The van der Waals surface area contributed by atoms with Gasteiger partial charge in [0.15, 0.2) is 0 Å². The minimum atomic E-state index is -0.864. The van der Waals surface area contributed by atoms with Crippen LogP contribution in [0.25, 0.3) is 0 Å². The first-order valence-electron chi connectivity index (χ1n) is 7.49. The number of rotatable bonds is 9. The number of hydroxylamine groups is 1. The summed E-state index contributed by atoms with van der Waals surface area (Å²) in [5.74, 6) is -1.90. The van der Waals surface area contributed by atoms with E-state index in [2.05, 4.69) is 12.2 Å². The maximum absolute atomic E-state index is 12.1. The predicted octanol–water partition coefficient (Wildman–Crippen LogP) is 3.11. The number of hydrogen-bond acceptors (Lipinski definition) is 3. The summed E-state index contributed by atoms with van der Waals surface area (Å²) in [5.41, 5.74) is 2.23. The van der Waals surface area contributed by atoms with Crippen LogP contribution in [0.4, 0.5) is 5.69 Å². The van der Waals surface area contributed by atoms with Crippen molar-refractivity contribution in [2.24, 2.45) is 5.92 Å². The van der Waals surface area contributed by atoms with Gasteiger partial charge in [-0.1, -0.05) is 57.2 Å². The van der Waals surface area contributed by atoms with E-state index in [1.54, 1.807) is 17.6 Å². The molecule has 0 heterocycles. The Bertz CT molecular complexity index is 434. The molecule has 0 fully saturated rings. The number of para-hydroxylation sites is 1. The molecule has 3 N–H and O–H groups in total. The number of nitrogens with one attached hydrogen (secondary N) is 2. The van der Waals surface area contributed by atoms with Gasteiger partial charge >= 0.3 is 0 Å². The van der Waals surface area contributed by atoms with Gasteiger partial charge in [-0.25, -0.2) is 5.48 Å². The number of carbonyl (C=O) groups is 2. The van der Waals surface area contributed by atoms with Crippen molar-refractivity contribution in [3.05, 3.63) is 30.3 Å². The van der Waals surface area contributed by atoms with E-state index < -0.39 is 11.8 Å². The average Bonchev–Trinajstić information content (AvgIpc) is 2.51. The van der Waals surface area contributed by atoms with Crippen molar-refractivity contribution in [2.75, 3.05) is 5.32 Å². The first-order valence-corrected chi connectivity index (χ1v) is 7.49. The molecule has 1 rings (SSSR count). The van der Waals surface area contributed by atoms with Gasteiger partial charge in [0.05, 0.1) is 0 Å². The lowest BCUT2D eigenvalue weighted by Gasteiger charge is -2.14. The Morgan fingerprint density at radius 1 is 1.05 bits per heavy atom. The first kappa shape index (κ1) is 17.2. The second-order valence-corrected chi connectivity index (χ2v) is 5.09. The highest BCUT2D eigenvalue weighted by Gasteiger charge is 2.25. The molecule has 0 bridgehead atoms. The van der Waals surface area contributed by atoms with Crippen molar-refractivity contribution in [1.82, 2.24) is 5.48 Å². The topological polar surface area (TPSA) is 78.4 Å². The van der Waals surface area contributed by atoms with Gasteiger partial charge in [-0.2, -0.15) is 0 Å². The van der Waals surface area contributed by atoms with E-state index in [1.165, 1.54) is 0 Å². The molecule has 21 heavy (non-hydrogen) atoms. The third-order valence-corrected chi connectivity index (χ3v) is 3.38. The maximum atomic E-state index is 12.1. The van der Waals surface area contributed by atoms with Gasteiger partial charge in [0.2, 0.25) is 5.91 Å². The quantitative estimate of drug-likeness (QED) is 0.283. The zero-order valence-corrected chi connectivity index (χ0v) is 12.5. The van der Waals surface area contributed by atoms with E-state index in [4.69, 9.17) is 5.21 Å². The SMILES string of the molecule is CCCCCCCC(C(=O)NO)C(=O)Nc1ccccc1. The van der Waals surface area contributed by atoms with Crippen molar-refractivity contribution in [3.8, 4) is 0 Å². The van der Waals surface area contributed by atoms with Gasteiger partial charge < -0.3 is 5.32 Å². The number of benzene rings is 1. The van der Waals surface area contributed by atoms with Crippen molar-refractivity contribution < 1.29 is 14.8 Å². The molecule has 1 aromatic rings. The Kier molecular flexibility index (Phi) is 8.12. The lowest BCUT2D eigenvalue weighted by atomic mass is 9.98. The normalized spacial score (nSPS) is 11.7. The minimum Gasteiger partial charge on any atom is -0.325 e. The summed E-state index contributed by atoms with van der Waals surface area (Å²) in [7, 11) is 0. The van der Waals surface area contributed by atoms with Gasteiger partial charge in [-0.15, -0.1) is 0 Å². The van der Waals surface area contributed by atoms with Crippen molar-refractivity contribution in [2.45, 2.75) is 45.4 Å². The fraction of sp³-hybridized carbons (Fsp3) is 0.500. The van der Waals surface area contributed by atoms with E-state index in [9.17, 15) is 9.59 Å². The van der Waals surface area contributed by atoms with E-state index in [-0.39, 0.29) is 5.91 Å². The maximum Gasteiger partial charge on any atom is 0.255 e. The number of amides is 2. The van der Waals surface area contributed by atoms with Gasteiger partial charge in [-0.3, -0.25) is 14.8 Å². The third-order valence-electron chi connectivity index (χ3n) is 3.38. The Morgan fingerprint density at radius 2 is 1.71 bits per heavy atom. The second-order valence-electron chi connectivity index (χ2n) is 5.09. The summed E-state index contributed by atoms with van der Waals surface area (Å²) in [6.45, 7) is 2.13. The number of carbonyl (C=O) groups excluding carboxylic acids is 2. The average molecular weight is 292 g/mol. The molecule has 116 valence electrons. The standard InChI is InChI=1S/C16H24N2O3/c1-2-3-4-5-9-12-14(16(20)18-21)15(19)17-13-10-7-6-8-11-13/h6-8,10-11,14,21H,2-5,9,12H2,1H3,(H,17,19)(H,18,20). The highest BCUT2D eigenvalue weighted by molar-refractivity contribution is 6.06. The van der Waals surface area contributed by atoms with Gasteiger partial charge in [0.25, 0.3) is 5.91 Å². The molecule has 2 amide bonds. The van der Waals surface area contributed by atoms with Gasteiger partial charge in [0, 0.05) is 5.69 Å². The zero-order chi connectivity index (χ0) is 15.5. The summed E-state index contributed by atoms with van der Waals surface area (Å²) >= 11 is 0. The third kappa shape index (κ3) is 6.40. The van der Waals surface area contributed by atoms with E-state index in [1.807, 2.05) is 18.2 Å². The monoisotopic (exact) mass is 292 g/mol. The summed E-state index contributed by atoms with van der Waals surface area (Å²) in [4.78, 5) is 23.8. The van der Waals surface area contributed by atoms with Crippen LogP contribution >= 0.6 is 0 Å². The molecule has 1 atom stereocenters. The highest BCUT2D eigenvalue weighted by atomic mass is 16.5. The molecule has 1 aromatic carbocycles. The molecule has 0 spiro atoms. The smallest absolute Gasteiger partial charge is 0.255 e. The molecule has 5 heteroatoms. The van der Waals surface area contributed by atoms with Crippen LogP contribution in [0.3, 0.4) is 0 Å². The Hall–Kier alpha value is -1.88. The summed E-state index contributed by atoms with van der Waals surface area (Å²) in [5, 5.41) is 11.5. The van der Waals surface area contributed by atoms with Crippen molar-refractivity contribution >= 4 is 17.5 Å². The molecular weight excluding hydrogens is 268 g/mol. The fourth-order valence-corrected chi connectivity index (χ4v) is 2.16. The number of hydrogen-bond donors (Lipinski definition) is 3. The van der Waals surface area contributed by atoms with E-state index >= 15 is 0 Å². The summed E-state index contributed by atoms with van der Waals surface area (Å²) in [6, 6.07) is 8.98. The zero-order valence-electron chi connectivity index (χ0n) is 12.5. The highest BCUT2D eigenvalue weighted by Crippen LogP contribution is 2.15. The van der Waals surface area contributed by atoms with Crippen molar-refractivity contribution in [3.63, 3.8) is 0 Å². The largest absolute Gasteiger partial charge is 0.325 e. The number of unbranched alkanes of at least 4 members (excludes halogenated alkanes) is 4. The molecule has 1 unspecified atom stereocenters. The summed E-state index contributed by atoms with van der Waals surface area (Å²) < 4.78 is 0. The molecule has 0 aromatic heterocycles. The second kappa shape index (κ2) is 9.94. The Morgan fingerprint density at radius 3 is 2.33 bits per heavy atom. The van der Waals surface area contributed by atoms with Crippen molar-refractivity contribution in [1.29, 1.82) is 0 Å².